The fourth-order valence-electron chi connectivity index (χ4n) is 2.81. The van der Waals surface area contributed by atoms with Crippen LogP contribution in [0.15, 0.2) is 24.3 Å². The molecule has 0 saturated carbocycles. The maximum absolute atomic E-state index is 12.3. The first-order chi connectivity index (χ1) is 10.4. The lowest BCUT2D eigenvalue weighted by atomic mass is 9.93. The highest BCUT2D eigenvalue weighted by Crippen LogP contribution is 2.28. The van der Waals surface area contributed by atoms with Crippen LogP contribution in [0.3, 0.4) is 0 Å². The molecule has 0 unspecified atom stereocenters. The summed E-state index contributed by atoms with van der Waals surface area (Å²) >= 11 is 1.70. The van der Waals surface area contributed by atoms with Crippen molar-refractivity contribution in [2.75, 3.05) is 18.4 Å². The van der Waals surface area contributed by atoms with Crippen molar-refractivity contribution >= 4 is 32.6 Å². The van der Waals surface area contributed by atoms with E-state index in [0.29, 0.717) is 6.04 Å². The number of para-hydroxylation sites is 1. The molecule has 2 aromatic rings. The van der Waals surface area contributed by atoms with Crippen LogP contribution < -0.4 is 5.32 Å². The van der Waals surface area contributed by atoms with Crippen LogP contribution in [0.1, 0.15) is 33.6 Å². The summed E-state index contributed by atoms with van der Waals surface area (Å²) in [6.45, 7) is 7.62. The third-order valence-electron chi connectivity index (χ3n) is 4.05. The van der Waals surface area contributed by atoms with Gasteiger partial charge in [0.05, 0.1) is 10.2 Å². The van der Waals surface area contributed by atoms with Gasteiger partial charge in [0, 0.05) is 24.5 Å². The number of benzene rings is 1. The van der Waals surface area contributed by atoms with Gasteiger partial charge in [-0.2, -0.15) is 0 Å². The molecule has 5 heteroatoms. The van der Waals surface area contributed by atoms with E-state index in [1.165, 1.54) is 4.70 Å². The SMILES string of the molecule is CC(C)(C)C(=O)N1CCC(Nc2nc3ccccc3s2)CC1. The fraction of sp³-hybridized carbons (Fsp3) is 0.529. The molecule has 4 nitrogen and oxygen atoms in total. The fourth-order valence-corrected chi connectivity index (χ4v) is 3.75. The lowest BCUT2D eigenvalue weighted by Crippen LogP contribution is -2.46. The van der Waals surface area contributed by atoms with Crippen LogP contribution in [0.5, 0.6) is 0 Å². The number of hydrogen-bond donors (Lipinski definition) is 1. The highest BCUT2D eigenvalue weighted by molar-refractivity contribution is 7.22. The summed E-state index contributed by atoms with van der Waals surface area (Å²) in [5.74, 6) is 0.255. The van der Waals surface area contributed by atoms with Crippen molar-refractivity contribution in [3.8, 4) is 0 Å². The van der Waals surface area contributed by atoms with Crippen LogP contribution in [-0.2, 0) is 4.79 Å². The van der Waals surface area contributed by atoms with E-state index >= 15 is 0 Å². The normalized spacial score (nSPS) is 17.0. The maximum Gasteiger partial charge on any atom is 0.227 e. The Kier molecular flexibility index (Phi) is 4.08. The number of likely N-dealkylation sites (tertiary alicyclic amines) is 1. The molecule has 1 aliphatic rings. The molecule has 1 saturated heterocycles. The Morgan fingerprint density at radius 1 is 1.27 bits per heavy atom. The van der Waals surface area contributed by atoms with Gasteiger partial charge in [-0.05, 0) is 25.0 Å². The van der Waals surface area contributed by atoms with Gasteiger partial charge in [0.2, 0.25) is 5.91 Å². The Labute approximate surface area is 135 Å². The average molecular weight is 317 g/mol. The number of rotatable bonds is 2. The number of hydrogen-bond acceptors (Lipinski definition) is 4. The standard InChI is InChI=1S/C17H23N3OS/c1-17(2,3)15(21)20-10-8-12(9-11-20)18-16-19-13-6-4-5-7-14(13)22-16/h4-7,12H,8-11H2,1-3H3,(H,18,19). The molecule has 2 heterocycles. The number of thiazole rings is 1. The monoisotopic (exact) mass is 317 g/mol. The van der Waals surface area contributed by atoms with E-state index in [9.17, 15) is 4.79 Å². The number of aromatic nitrogens is 1. The Hall–Kier alpha value is -1.62. The summed E-state index contributed by atoms with van der Waals surface area (Å²) in [6, 6.07) is 8.61. The summed E-state index contributed by atoms with van der Waals surface area (Å²) in [7, 11) is 0. The van der Waals surface area contributed by atoms with Crippen LogP contribution >= 0.6 is 11.3 Å². The third-order valence-corrected chi connectivity index (χ3v) is 5.01. The van der Waals surface area contributed by atoms with Gasteiger partial charge in [-0.1, -0.05) is 44.2 Å². The average Bonchev–Trinajstić information content (AvgIpc) is 2.88. The summed E-state index contributed by atoms with van der Waals surface area (Å²) in [6.07, 6.45) is 1.97. The van der Waals surface area contributed by atoms with E-state index in [1.54, 1.807) is 11.3 Å². The van der Waals surface area contributed by atoms with Crippen molar-refractivity contribution in [2.24, 2.45) is 5.41 Å². The zero-order valence-corrected chi connectivity index (χ0v) is 14.2. The number of piperidine rings is 1. The third kappa shape index (κ3) is 3.24. The molecular formula is C17H23N3OS. The smallest absolute Gasteiger partial charge is 0.227 e. The lowest BCUT2D eigenvalue weighted by molar-refractivity contribution is -0.140. The lowest BCUT2D eigenvalue weighted by Gasteiger charge is -2.35. The topological polar surface area (TPSA) is 45.2 Å². The molecule has 0 atom stereocenters. The Morgan fingerprint density at radius 3 is 2.59 bits per heavy atom. The van der Waals surface area contributed by atoms with Crippen molar-refractivity contribution in [1.82, 2.24) is 9.88 Å². The first-order valence-corrected chi connectivity index (χ1v) is 8.66. The van der Waals surface area contributed by atoms with Gasteiger partial charge in [0.15, 0.2) is 5.13 Å². The minimum Gasteiger partial charge on any atom is -0.359 e. The van der Waals surface area contributed by atoms with Crippen LogP contribution in [0.4, 0.5) is 5.13 Å². The number of anilines is 1. The number of nitrogens with zero attached hydrogens (tertiary/aromatic N) is 2. The second-order valence-corrected chi connectivity index (χ2v) is 7.98. The summed E-state index contributed by atoms with van der Waals surface area (Å²) in [5.41, 5.74) is 0.767. The minimum atomic E-state index is -0.284. The molecule has 1 aromatic carbocycles. The van der Waals surface area contributed by atoms with Crippen molar-refractivity contribution in [3.63, 3.8) is 0 Å². The van der Waals surface area contributed by atoms with Crippen molar-refractivity contribution in [2.45, 2.75) is 39.7 Å². The quantitative estimate of drug-likeness (QED) is 0.917. The minimum absolute atomic E-state index is 0.255. The zero-order valence-electron chi connectivity index (χ0n) is 13.4. The zero-order chi connectivity index (χ0) is 15.7. The molecule has 0 spiro atoms. The van der Waals surface area contributed by atoms with Crippen LogP contribution in [0.2, 0.25) is 0 Å². The van der Waals surface area contributed by atoms with Gasteiger partial charge >= 0.3 is 0 Å². The van der Waals surface area contributed by atoms with Gasteiger partial charge in [0.1, 0.15) is 0 Å². The Bertz CT molecular complexity index is 633. The number of nitrogens with one attached hydrogen (secondary N) is 1. The van der Waals surface area contributed by atoms with Gasteiger partial charge < -0.3 is 10.2 Å². The maximum atomic E-state index is 12.3. The van der Waals surface area contributed by atoms with Gasteiger partial charge in [-0.15, -0.1) is 0 Å². The molecule has 0 radical (unpaired) electrons. The Balaban J connectivity index is 1.59. The summed E-state index contributed by atoms with van der Waals surface area (Å²) in [5, 5.41) is 4.53. The molecule has 1 amide bonds. The first kappa shape index (κ1) is 15.3. The van der Waals surface area contributed by atoms with Crippen LogP contribution in [0.25, 0.3) is 10.2 Å². The predicted molar refractivity (Wildman–Crippen MR) is 92.3 cm³/mol. The van der Waals surface area contributed by atoms with Gasteiger partial charge in [-0.3, -0.25) is 4.79 Å². The van der Waals surface area contributed by atoms with Gasteiger partial charge in [-0.25, -0.2) is 4.98 Å². The van der Waals surface area contributed by atoms with E-state index in [1.807, 2.05) is 43.9 Å². The van der Waals surface area contributed by atoms with E-state index in [-0.39, 0.29) is 11.3 Å². The van der Waals surface area contributed by atoms with E-state index in [2.05, 4.69) is 16.4 Å². The molecule has 1 aromatic heterocycles. The summed E-state index contributed by atoms with van der Waals surface area (Å²) < 4.78 is 1.21. The molecule has 118 valence electrons. The van der Waals surface area contributed by atoms with E-state index in [0.717, 1.165) is 36.6 Å². The molecule has 1 fully saturated rings. The van der Waals surface area contributed by atoms with E-state index in [4.69, 9.17) is 0 Å². The van der Waals surface area contributed by atoms with Crippen molar-refractivity contribution in [1.29, 1.82) is 0 Å². The second-order valence-electron chi connectivity index (χ2n) is 6.95. The van der Waals surface area contributed by atoms with Crippen LogP contribution in [-0.4, -0.2) is 34.9 Å². The largest absolute Gasteiger partial charge is 0.359 e. The molecule has 3 rings (SSSR count). The molecular weight excluding hydrogens is 294 g/mol. The molecule has 1 aliphatic heterocycles. The number of fused-ring (bicyclic) bond motifs is 1. The van der Waals surface area contributed by atoms with E-state index < -0.39 is 0 Å². The number of carbonyl (C=O) groups is 1. The van der Waals surface area contributed by atoms with Crippen LogP contribution in [0, 0.1) is 5.41 Å². The van der Waals surface area contributed by atoms with Gasteiger partial charge in [0.25, 0.3) is 0 Å². The number of carbonyl (C=O) groups excluding carboxylic acids is 1. The highest BCUT2D eigenvalue weighted by Gasteiger charge is 2.30. The predicted octanol–water partition coefficient (Wildman–Crippen LogP) is 3.75. The highest BCUT2D eigenvalue weighted by atomic mass is 32.1. The van der Waals surface area contributed by atoms with Crippen molar-refractivity contribution < 1.29 is 4.79 Å². The molecule has 1 N–H and O–H groups in total. The molecule has 22 heavy (non-hydrogen) atoms. The first-order valence-electron chi connectivity index (χ1n) is 7.85. The summed E-state index contributed by atoms with van der Waals surface area (Å²) in [4.78, 5) is 18.9. The molecule has 0 bridgehead atoms. The second kappa shape index (κ2) is 5.88. The Morgan fingerprint density at radius 2 is 1.95 bits per heavy atom. The number of amides is 1. The van der Waals surface area contributed by atoms with Crippen molar-refractivity contribution in [3.05, 3.63) is 24.3 Å². The molecule has 0 aliphatic carbocycles.